The quantitative estimate of drug-likeness (QED) is 0.550. The van der Waals surface area contributed by atoms with Gasteiger partial charge in [0.1, 0.15) is 6.04 Å². The van der Waals surface area contributed by atoms with E-state index < -0.39 is 0 Å². The van der Waals surface area contributed by atoms with E-state index in [1.54, 1.807) is 0 Å². The summed E-state index contributed by atoms with van der Waals surface area (Å²) in [7, 11) is 0. The smallest absolute Gasteiger partial charge is 0.277 e. The van der Waals surface area contributed by atoms with Crippen LogP contribution in [0.3, 0.4) is 0 Å². The summed E-state index contributed by atoms with van der Waals surface area (Å²) in [6.07, 6.45) is 0. The largest absolute Gasteiger partial charge is 0.411 e. The van der Waals surface area contributed by atoms with Gasteiger partial charge in [0.15, 0.2) is 0 Å². The van der Waals surface area contributed by atoms with E-state index in [1.165, 1.54) is 11.8 Å². The Balaban J connectivity index is 1.28. The van der Waals surface area contributed by atoms with Gasteiger partial charge in [-0.25, -0.2) is 0 Å². The molecule has 1 atom stereocenters. The van der Waals surface area contributed by atoms with E-state index in [4.69, 9.17) is 4.42 Å². The van der Waals surface area contributed by atoms with Crippen LogP contribution in [0.15, 0.2) is 64.2 Å². The van der Waals surface area contributed by atoms with Gasteiger partial charge in [-0.2, -0.15) is 5.26 Å². The minimum absolute atomic E-state index is 0.0351. The summed E-state index contributed by atoms with van der Waals surface area (Å²) in [5, 5.41) is 18.1. The molecule has 1 aromatic heterocycles. The molecule has 1 amide bonds. The number of carbonyl (C=O) groups excluding carboxylic acids is 1. The third-order valence-electron chi connectivity index (χ3n) is 5.29. The van der Waals surface area contributed by atoms with E-state index in [-0.39, 0.29) is 17.7 Å². The lowest BCUT2D eigenvalue weighted by molar-refractivity contribution is -0.130. The lowest BCUT2D eigenvalue weighted by atomic mass is 10.1. The van der Waals surface area contributed by atoms with Gasteiger partial charge in [0.2, 0.25) is 11.8 Å². The summed E-state index contributed by atoms with van der Waals surface area (Å²) in [6, 6.07) is 19.7. The van der Waals surface area contributed by atoms with Crippen LogP contribution in [0.1, 0.15) is 17.2 Å². The molecule has 2 heterocycles. The predicted octanol–water partition coefficient (Wildman–Crippen LogP) is 3.55. The molecule has 0 spiro atoms. The number of rotatable bonds is 6. The van der Waals surface area contributed by atoms with Crippen LogP contribution in [0.4, 0.5) is 0 Å². The number of amides is 1. The molecule has 3 aromatic rings. The number of aromatic nitrogens is 2. The number of hydrogen-bond donors (Lipinski definition) is 0. The van der Waals surface area contributed by atoms with Crippen molar-refractivity contribution in [2.24, 2.45) is 0 Å². The molecule has 0 N–H and O–H groups in total. The van der Waals surface area contributed by atoms with E-state index in [2.05, 4.69) is 21.2 Å². The molecule has 0 radical (unpaired) electrons. The van der Waals surface area contributed by atoms with Crippen molar-refractivity contribution >= 4 is 17.7 Å². The van der Waals surface area contributed by atoms with Crippen LogP contribution < -0.4 is 0 Å². The number of piperazine rings is 1. The van der Waals surface area contributed by atoms with Crippen LogP contribution in [0.5, 0.6) is 0 Å². The normalized spacial score (nSPS) is 15.4. The van der Waals surface area contributed by atoms with E-state index >= 15 is 0 Å². The van der Waals surface area contributed by atoms with Crippen molar-refractivity contribution in [3.05, 3.63) is 65.7 Å². The minimum atomic E-state index is -0.286. The second-order valence-corrected chi connectivity index (χ2v) is 8.31. The third kappa shape index (κ3) is 5.13. The summed E-state index contributed by atoms with van der Waals surface area (Å²) in [5.74, 6) is 0.732. The van der Waals surface area contributed by atoms with Crippen molar-refractivity contribution < 1.29 is 9.21 Å². The van der Waals surface area contributed by atoms with E-state index in [0.29, 0.717) is 37.3 Å². The zero-order chi connectivity index (χ0) is 21.6. The van der Waals surface area contributed by atoms with Gasteiger partial charge in [0.25, 0.3) is 5.22 Å². The standard InChI is InChI=1S/C23H23N5O2S/c1-17-7-9-19(10-8-17)22-25-26-23(30-22)31-16-21(29)28-13-11-27(12-14-28)20(15-24)18-5-3-2-4-6-18/h2-10,20H,11-14,16H2,1H3. The number of aryl methyl sites for hydroxylation is 1. The highest BCUT2D eigenvalue weighted by Crippen LogP contribution is 2.25. The van der Waals surface area contributed by atoms with E-state index in [9.17, 15) is 10.1 Å². The minimum Gasteiger partial charge on any atom is -0.411 e. The number of benzene rings is 2. The Labute approximate surface area is 185 Å². The van der Waals surface area contributed by atoms with Crippen molar-refractivity contribution in [3.8, 4) is 17.5 Å². The fourth-order valence-corrected chi connectivity index (χ4v) is 4.19. The molecule has 31 heavy (non-hydrogen) atoms. The molecule has 1 unspecified atom stereocenters. The number of nitriles is 1. The van der Waals surface area contributed by atoms with Gasteiger partial charge in [0, 0.05) is 31.7 Å². The van der Waals surface area contributed by atoms with Crippen molar-refractivity contribution in [1.29, 1.82) is 5.26 Å². The highest BCUT2D eigenvalue weighted by atomic mass is 32.2. The topological polar surface area (TPSA) is 86.3 Å². The summed E-state index contributed by atoms with van der Waals surface area (Å²) >= 11 is 1.25. The molecule has 0 bridgehead atoms. The van der Waals surface area contributed by atoms with E-state index in [0.717, 1.165) is 16.7 Å². The second kappa shape index (κ2) is 9.77. The van der Waals surface area contributed by atoms with Crippen LogP contribution in [-0.4, -0.2) is 57.8 Å². The lowest BCUT2D eigenvalue weighted by Gasteiger charge is -2.37. The zero-order valence-corrected chi connectivity index (χ0v) is 18.1. The molecule has 1 fully saturated rings. The Morgan fingerprint density at radius 1 is 1.10 bits per heavy atom. The Morgan fingerprint density at radius 2 is 1.81 bits per heavy atom. The van der Waals surface area contributed by atoms with Crippen molar-refractivity contribution in [1.82, 2.24) is 20.0 Å². The molecular weight excluding hydrogens is 410 g/mol. The fraction of sp³-hybridized carbons (Fsp3) is 0.304. The number of carbonyl (C=O) groups is 1. The fourth-order valence-electron chi connectivity index (χ4n) is 3.53. The second-order valence-electron chi connectivity index (χ2n) is 7.39. The van der Waals surface area contributed by atoms with Gasteiger partial charge in [-0.1, -0.05) is 59.8 Å². The van der Waals surface area contributed by atoms with Crippen LogP contribution in [0.25, 0.3) is 11.5 Å². The Bertz CT molecular complexity index is 1050. The summed E-state index contributed by atoms with van der Waals surface area (Å²) in [5.41, 5.74) is 3.01. The first-order valence-electron chi connectivity index (χ1n) is 10.1. The van der Waals surface area contributed by atoms with E-state index in [1.807, 2.05) is 66.4 Å². The summed E-state index contributed by atoms with van der Waals surface area (Å²) in [6.45, 7) is 4.56. The molecule has 8 heteroatoms. The zero-order valence-electron chi connectivity index (χ0n) is 17.3. The number of thioether (sulfide) groups is 1. The maximum Gasteiger partial charge on any atom is 0.277 e. The van der Waals surface area contributed by atoms with Gasteiger partial charge >= 0.3 is 0 Å². The van der Waals surface area contributed by atoms with Gasteiger partial charge in [-0.05, 0) is 24.6 Å². The summed E-state index contributed by atoms with van der Waals surface area (Å²) < 4.78 is 5.69. The van der Waals surface area contributed by atoms with Gasteiger partial charge in [0.05, 0.1) is 11.8 Å². The van der Waals surface area contributed by atoms with Crippen molar-refractivity contribution in [2.75, 3.05) is 31.9 Å². The Kier molecular flexibility index (Phi) is 6.65. The first kappa shape index (κ1) is 21.1. The van der Waals surface area contributed by atoms with Crippen LogP contribution in [-0.2, 0) is 4.79 Å². The van der Waals surface area contributed by atoms with Crippen molar-refractivity contribution in [2.45, 2.75) is 18.2 Å². The molecule has 158 valence electrons. The Hall–Kier alpha value is -3.15. The van der Waals surface area contributed by atoms with Crippen LogP contribution in [0, 0.1) is 18.3 Å². The van der Waals surface area contributed by atoms with Crippen LogP contribution >= 0.6 is 11.8 Å². The van der Waals surface area contributed by atoms with Crippen LogP contribution in [0.2, 0.25) is 0 Å². The first-order valence-corrected chi connectivity index (χ1v) is 11.1. The lowest BCUT2D eigenvalue weighted by Crippen LogP contribution is -2.50. The molecule has 7 nitrogen and oxygen atoms in total. The highest BCUT2D eigenvalue weighted by molar-refractivity contribution is 7.99. The predicted molar refractivity (Wildman–Crippen MR) is 118 cm³/mol. The first-order chi connectivity index (χ1) is 15.1. The molecule has 1 aliphatic rings. The average Bonchev–Trinajstić information content (AvgIpc) is 3.29. The molecule has 0 aliphatic carbocycles. The molecule has 0 saturated carbocycles. The molecule has 1 saturated heterocycles. The molecular formula is C23H23N5O2S. The molecule has 1 aliphatic heterocycles. The average molecular weight is 434 g/mol. The number of hydrogen-bond acceptors (Lipinski definition) is 7. The van der Waals surface area contributed by atoms with Gasteiger partial charge in [-0.3, -0.25) is 9.69 Å². The van der Waals surface area contributed by atoms with Gasteiger partial charge in [-0.15, -0.1) is 10.2 Å². The maximum absolute atomic E-state index is 12.6. The number of nitrogens with zero attached hydrogens (tertiary/aromatic N) is 5. The van der Waals surface area contributed by atoms with Gasteiger partial charge < -0.3 is 9.32 Å². The SMILES string of the molecule is Cc1ccc(-c2nnc(SCC(=O)N3CCN(C(C#N)c4ccccc4)CC3)o2)cc1. The third-order valence-corrected chi connectivity index (χ3v) is 6.10. The molecule has 4 rings (SSSR count). The Morgan fingerprint density at radius 3 is 2.48 bits per heavy atom. The summed E-state index contributed by atoms with van der Waals surface area (Å²) in [4.78, 5) is 16.6. The highest BCUT2D eigenvalue weighted by Gasteiger charge is 2.27. The maximum atomic E-state index is 12.6. The van der Waals surface area contributed by atoms with Crippen molar-refractivity contribution in [3.63, 3.8) is 0 Å². The molecule has 2 aromatic carbocycles. The monoisotopic (exact) mass is 433 g/mol.